The van der Waals surface area contributed by atoms with Crippen LogP contribution in [0.3, 0.4) is 0 Å². The zero-order valence-electron chi connectivity index (χ0n) is 14.6. The molecule has 7 nitrogen and oxygen atoms in total. The predicted molar refractivity (Wildman–Crippen MR) is 100 cm³/mol. The Bertz CT molecular complexity index is 871. The Balaban J connectivity index is 1.87. The number of nitrogens with zero attached hydrogens (tertiary/aromatic N) is 2. The van der Waals surface area contributed by atoms with Gasteiger partial charge in [0, 0.05) is 30.5 Å². The van der Waals surface area contributed by atoms with E-state index in [1.807, 2.05) is 24.4 Å². The number of anilines is 3. The summed E-state index contributed by atoms with van der Waals surface area (Å²) in [6.45, 7) is 4.24. The summed E-state index contributed by atoms with van der Waals surface area (Å²) in [6, 6.07) is 9.44. The van der Waals surface area contributed by atoms with Crippen LogP contribution < -0.4 is 16.0 Å². The van der Waals surface area contributed by atoms with Crippen molar-refractivity contribution < 1.29 is 4.79 Å². The molecule has 1 aromatic carbocycles. The number of benzene rings is 1. The van der Waals surface area contributed by atoms with Gasteiger partial charge >= 0.3 is 0 Å². The van der Waals surface area contributed by atoms with Crippen LogP contribution in [-0.2, 0) is 0 Å². The molecule has 4 N–H and O–H groups in total. The Kier molecular flexibility index (Phi) is 4.83. The van der Waals surface area contributed by atoms with E-state index in [2.05, 4.69) is 44.7 Å². The fourth-order valence-corrected chi connectivity index (χ4v) is 2.42. The third kappa shape index (κ3) is 3.71. The number of rotatable bonds is 6. The monoisotopic (exact) mass is 338 g/mol. The molecule has 25 heavy (non-hydrogen) atoms. The summed E-state index contributed by atoms with van der Waals surface area (Å²) in [7, 11) is 1.61. The minimum absolute atomic E-state index is 0.115. The quantitative estimate of drug-likeness (QED) is 0.553. The van der Waals surface area contributed by atoms with Crippen LogP contribution in [0, 0.1) is 0 Å². The number of hydrogen-bond acceptors (Lipinski definition) is 5. The van der Waals surface area contributed by atoms with Crippen LogP contribution in [-0.4, -0.2) is 33.9 Å². The van der Waals surface area contributed by atoms with Crippen LogP contribution in [0.25, 0.3) is 11.0 Å². The number of carbonyl (C=O) groups excluding carboxylic acids is 1. The first kappa shape index (κ1) is 16.8. The van der Waals surface area contributed by atoms with Crippen molar-refractivity contribution in [1.29, 1.82) is 0 Å². The number of H-pyrrole nitrogens is 1. The molecule has 130 valence electrons. The maximum atomic E-state index is 11.6. The lowest BCUT2D eigenvalue weighted by molar-refractivity contribution is 0.0963. The molecule has 3 aromatic rings. The van der Waals surface area contributed by atoms with Crippen LogP contribution in [0.5, 0.6) is 0 Å². The Morgan fingerprint density at radius 3 is 2.64 bits per heavy atom. The van der Waals surface area contributed by atoms with E-state index < -0.39 is 0 Å². The second-order valence-electron chi connectivity index (χ2n) is 5.87. The van der Waals surface area contributed by atoms with Crippen molar-refractivity contribution in [2.75, 3.05) is 17.7 Å². The topological polar surface area (TPSA) is 94.7 Å². The van der Waals surface area contributed by atoms with Gasteiger partial charge in [-0.1, -0.05) is 6.92 Å². The first-order valence-corrected chi connectivity index (χ1v) is 8.31. The van der Waals surface area contributed by atoms with E-state index in [-0.39, 0.29) is 5.91 Å². The summed E-state index contributed by atoms with van der Waals surface area (Å²) in [6.07, 6.45) is 2.85. The molecule has 0 fully saturated rings. The average molecular weight is 338 g/mol. The van der Waals surface area contributed by atoms with Crippen LogP contribution in [0.1, 0.15) is 30.6 Å². The van der Waals surface area contributed by atoms with Crippen molar-refractivity contribution in [3.8, 4) is 0 Å². The van der Waals surface area contributed by atoms with Crippen LogP contribution in [0.2, 0.25) is 0 Å². The molecule has 3 rings (SSSR count). The number of aromatic nitrogens is 3. The summed E-state index contributed by atoms with van der Waals surface area (Å²) >= 11 is 0. The van der Waals surface area contributed by atoms with E-state index in [0.717, 1.165) is 29.0 Å². The van der Waals surface area contributed by atoms with E-state index >= 15 is 0 Å². The SMILES string of the molecule is CCC(C)Nc1nc(Nc2ccc(C(=O)NC)cc2)nc2[nH]ccc12. The molecule has 2 aromatic heterocycles. The summed E-state index contributed by atoms with van der Waals surface area (Å²) < 4.78 is 0. The fraction of sp³-hybridized carbons (Fsp3) is 0.278. The summed E-state index contributed by atoms with van der Waals surface area (Å²) in [4.78, 5) is 23.8. The zero-order chi connectivity index (χ0) is 17.8. The van der Waals surface area contributed by atoms with Gasteiger partial charge in [-0.2, -0.15) is 9.97 Å². The highest BCUT2D eigenvalue weighted by Crippen LogP contribution is 2.24. The first-order chi connectivity index (χ1) is 12.1. The molecule has 0 bridgehead atoms. The smallest absolute Gasteiger partial charge is 0.251 e. The average Bonchev–Trinajstić information content (AvgIpc) is 3.10. The van der Waals surface area contributed by atoms with Gasteiger partial charge < -0.3 is 20.9 Å². The molecule has 0 saturated heterocycles. The molecular formula is C18H22N6O. The zero-order valence-corrected chi connectivity index (χ0v) is 14.6. The molecule has 1 amide bonds. The van der Waals surface area contributed by atoms with Gasteiger partial charge in [0.15, 0.2) is 0 Å². The second kappa shape index (κ2) is 7.21. The van der Waals surface area contributed by atoms with Gasteiger partial charge in [-0.25, -0.2) is 0 Å². The van der Waals surface area contributed by atoms with Gasteiger partial charge in [-0.3, -0.25) is 4.79 Å². The van der Waals surface area contributed by atoms with E-state index in [4.69, 9.17) is 0 Å². The molecule has 2 heterocycles. The van der Waals surface area contributed by atoms with E-state index in [0.29, 0.717) is 17.6 Å². The summed E-state index contributed by atoms with van der Waals surface area (Å²) in [5.74, 6) is 1.18. The molecule has 1 unspecified atom stereocenters. The highest BCUT2D eigenvalue weighted by molar-refractivity contribution is 5.94. The van der Waals surface area contributed by atoms with Crippen molar-refractivity contribution in [2.45, 2.75) is 26.3 Å². The summed E-state index contributed by atoms with van der Waals surface area (Å²) in [5, 5.41) is 10.2. The van der Waals surface area contributed by atoms with Gasteiger partial charge in [0.1, 0.15) is 11.5 Å². The van der Waals surface area contributed by atoms with Crippen LogP contribution in [0.4, 0.5) is 17.5 Å². The fourth-order valence-electron chi connectivity index (χ4n) is 2.42. The normalized spacial score (nSPS) is 12.0. The van der Waals surface area contributed by atoms with Crippen LogP contribution in [0.15, 0.2) is 36.5 Å². The van der Waals surface area contributed by atoms with Gasteiger partial charge in [0.05, 0.1) is 5.39 Å². The van der Waals surface area contributed by atoms with Crippen molar-refractivity contribution in [1.82, 2.24) is 20.3 Å². The van der Waals surface area contributed by atoms with Gasteiger partial charge in [0.2, 0.25) is 5.95 Å². The van der Waals surface area contributed by atoms with Gasteiger partial charge in [-0.05, 0) is 43.7 Å². The predicted octanol–water partition coefficient (Wildman–Crippen LogP) is 3.27. The standard InChI is InChI=1S/C18H22N6O/c1-4-11(2)21-16-14-9-10-20-15(14)23-18(24-16)22-13-7-5-12(6-8-13)17(25)19-3/h5-11H,4H2,1-3H3,(H,19,25)(H3,20,21,22,23,24). The first-order valence-electron chi connectivity index (χ1n) is 8.31. The third-order valence-electron chi connectivity index (χ3n) is 4.04. The van der Waals surface area contributed by atoms with E-state index in [1.165, 1.54) is 0 Å². The molecule has 0 aliphatic rings. The lowest BCUT2D eigenvalue weighted by atomic mass is 10.2. The number of amides is 1. The second-order valence-corrected chi connectivity index (χ2v) is 5.87. The number of nitrogens with one attached hydrogen (secondary N) is 4. The minimum Gasteiger partial charge on any atom is -0.367 e. The van der Waals surface area contributed by atoms with Crippen molar-refractivity contribution in [2.24, 2.45) is 0 Å². The van der Waals surface area contributed by atoms with Crippen molar-refractivity contribution in [3.05, 3.63) is 42.1 Å². The minimum atomic E-state index is -0.115. The highest BCUT2D eigenvalue weighted by Gasteiger charge is 2.11. The van der Waals surface area contributed by atoms with Crippen LogP contribution >= 0.6 is 0 Å². The number of aromatic amines is 1. The lowest BCUT2D eigenvalue weighted by Gasteiger charge is -2.14. The Hall–Kier alpha value is -3.09. The molecule has 0 spiro atoms. The van der Waals surface area contributed by atoms with Gasteiger partial charge in [0.25, 0.3) is 5.91 Å². The lowest BCUT2D eigenvalue weighted by Crippen LogP contribution is -2.17. The largest absolute Gasteiger partial charge is 0.367 e. The highest BCUT2D eigenvalue weighted by atomic mass is 16.1. The maximum Gasteiger partial charge on any atom is 0.251 e. The van der Waals surface area contributed by atoms with Crippen molar-refractivity contribution >= 4 is 34.4 Å². The molecule has 0 aliphatic heterocycles. The molecule has 0 saturated carbocycles. The maximum absolute atomic E-state index is 11.6. The molecular weight excluding hydrogens is 316 g/mol. The molecule has 0 radical (unpaired) electrons. The van der Waals surface area contributed by atoms with Gasteiger partial charge in [-0.15, -0.1) is 0 Å². The molecule has 1 atom stereocenters. The Labute approximate surface area is 146 Å². The molecule has 0 aliphatic carbocycles. The van der Waals surface area contributed by atoms with E-state index in [1.54, 1.807) is 19.2 Å². The Morgan fingerprint density at radius 2 is 1.96 bits per heavy atom. The number of hydrogen-bond donors (Lipinski definition) is 4. The third-order valence-corrected chi connectivity index (χ3v) is 4.04. The van der Waals surface area contributed by atoms with Crippen molar-refractivity contribution in [3.63, 3.8) is 0 Å². The van der Waals surface area contributed by atoms with E-state index in [9.17, 15) is 4.79 Å². The summed E-state index contributed by atoms with van der Waals surface area (Å²) in [5.41, 5.74) is 2.19. The number of carbonyl (C=O) groups is 1. The Morgan fingerprint density at radius 1 is 1.20 bits per heavy atom. The number of fused-ring (bicyclic) bond motifs is 1. The molecule has 7 heteroatoms.